The summed E-state index contributed by atoms with van der Waals surface area (Å²) in [5, 5.41) is 9.29. The molecule has 0 fully saturated rings. The van der Waals surface area contributed by atoms with Crippen molar-refractivity contribution >= 4 is 35.7 Å². The summed E-state index contributed by atoms with van der Waals surface area (Å²) >= 11 is 6.48. The predicted molar refractivity (Wildman–Crippen MR) is 81.5 cm³/mol. The summed E-state index contributed by atoms with van der Waals surface area (Å²) in [6, 6.07) is 0. The van der Waals surface area contributed by atoms with Gasteiger partial charge in [0.2, 0.25) is 0 Å². The highest BCUT2D eigenvalue weighted by molar-refractivity contribution is 7.96. The summed E-state index contributed by atoms with van der Waals surface area (Å²) in [6.45, 7) is 10.4. The van der Waals surface area contributed by atoms with Crippen molar-refractivity contribution in [3.8, 4) is 0 Å². The van der Waals surface area contributed by atoms with Crippen LogP contribution in [0.25, 0.3) is 0 Å². The third-order valence-electron chi connectivity index (χ3n) is 1.73. The molecule has 0 unspecified atom stereocenters. The molecule has 0 saturated carbocycles. The molecule has 18 heavy (non-hydrogen) atoms. The van der Waals surface area contributed by atoms with E-state index in [9.17, 15) is 4.79 Å². The van der Waals surface area contributed by atoms with Gasteiger partial charge in [0.25, 0.3) is 10.5 Å². The monoisotopic (exact) mass is 299 g/mol. The Labute approximate surface area is 120 Å². The number of aliphatic hydroxyl groups is 1. The fraction of sp³-hybridized carbons (Fsp3) is 0.800. The lowest BCUT2D eigenvalue weighted by Crippen LogP contribution is -2.21. The topological polar surface area (TPSA) is 95.7 Å². The number of rotatable bonds is 5. The molecule has 2 amide bonds. The molecule has 0 aromatic heterocycles. The zero-order chi connectivity index (χ0) is 15.0. The number of carbonyl (C=O) groups excluding carboxylic acids is 2. The van der Waals surface area contributed by atoms with Gasteiger partial charge in [-0.05, 0) is 19.6 Å². The average molecular weight is 299 g/mol. The number of nitrogens with zero attached hydrogens (tertiary/aromatic N) is 1. The lowest BCUT2D eigenvalue weighted by atomic mass is 10.5. The van der Waals surface area contributed by atoms with Crippen molar-refractivity contribution in [1.29, 1.82) is 0 Å². The van der Waals surface area contributed by atoms with Crippen molar-refractivity contribution in [3.05, 3.63) is 0 Å². The van der Waals surface area contributed by atoms with Gasteiger partial charge in [-0.15, -0.1) is 0 Å². The number of primary amides is 1. The van der Waals surface area contributed by atoms with Gasteiger partial charge in [0.15, 0.2) is 0 Å². The molecule has 0 heterocycles. The van der Waals surface area contributed by atoms with Gasteiger partial charge in [-0.3, -0.25) is 9.59 Å². The molecule has 6 nitrogen and oxygen atoms in total. The maximum atomic E-state index is 9.84. The van der Waals surface area contributed by atoms with Crippen molar-refractivity contribution in [2.24, 2.45) is 5.73 Å². The summed E-state index contributed by atoms with van der Waals surface area (Å²) < 4.78 is 0. The van der Waals surface area contributed by atoms with E-state index in [0.29, 0.717) is 0 Å². The van der Waals surface area contributed by atoms with Crippen LogP contribution in [0, 0.1) is 0 Å². The first kappa shape index (κ1) is 22.7. The largest absolute Gasteiger partial charge is 0.395 e. The standard InChI is InChI=1S/C6H15N.C3H7NO2S.CH3NOS/c1-4-7(5-2)6-3;5-2-1-4-3(6)7;2-1(3)4/h4-6H2,1-3H3;5H,1-2H2,(H2,4,6,7);(H3,2,3,4). The van der Waals surface area contributed by atoms with Gasteiger partial charge in [0.1, 0.15) is 0 Å². The van der Waals surface area contributed by atoms with E-state index in [4.69, 9.17) is 9.90 Å². The van der Waals surface area contributed by atoms with Crippen molar-refractivity contribution in [3.63, 3.8) is 0 Å². The molecule has 110 valence electrons. The smallest absolute Gasteiger partial charge is 0.276 e. The minimum atomic E-state index is -0.639. The molecule has 0 saturated heterocycles. The SMILES string of the molecule is CCN(CC)CC.NC(=O)S.O=C(S)NCCO. The van der Waals surface area contributed by atoms with Crippen LogP contribution in [-0.4, -0.2) is 53.3 Å². The first-order valence-corrected chi connectivity index (χ1v) is 6.53. The molecule has 0 aliphatic rings. The Balaban J connectivity index is -0.000000196. The van der Waals surface area contributed by atoms with Crippen molar-refractivity contribution in [1.82, 2.24) is 10.2 Å². The van der Waals surface area contributed by atoms with Crippen LogP contribution in [0.4, 0.5) is 9.59 Å². The maximum Gasteiger partial charge on any atom is 0.276 e. The molecule has 0 spiro atoms. The van der Waals surface area contributed by atoms with Crippen LogP contribution in [-0.2, 0) is 0 Å². The summed E-state index contributed by atoms with van der Waals surface area (Å²) in [6.07, 6.45) is 0. The number of amides is 2. The quantitative estimate of drug-likeness (QED) is 0.489. The molecule has 0 rings (SSSR count). The molecular weight excluding hydrogens is 274 g/mol. The molecule has 0 aromatic carbocycles. The van der Waals surface area contributed by atoms with Crippen LogP contribution < -0.4 is 11.1 Å². The lowest BCUT2D eigenvalue weighted by Gasteiger charge is -2.13. The minimum Gasteiger partial charge on any atom is -0.395 e. The maximum absolute atomic E-state index is 9.84. The number of hydrogen-bond acceptors (Lipinski definition) is 4. The number of nitrogens with one attached hydrogen (secondary N) is 1. The van der Waals surface area contributed by atoms with Gasteiger partial charge in [-0.25, -0.2) is 0 Å². The lowest BCUT2D eigenvalue weighted by molar-refractivity contribution is 0.253. The molecule has 4 N–H and O–H groups in total. The van der Waals surface area contributed by atoms with Crippen molar-refractivity contribution in [2.75, 3.05) is 32.8 Å². The van der Waals surface area contributed by atoms with Crippen LogP contribution in [0.5, 0.6) is 0 Å². The molecular formula is C10H25N3O3S2. The van der Waals surface area contributed by atoms with Gasteiger partial charge in [-0.2, -0.15) is 0 Å². The highest BCUT2D eigenvalue weighted by Gasteiger charge is 1.89. The fourth-order valence-electron chi connectivity index (χ4n) is 0.834. The summed E-state index contributed by atoms with van der Waals surface area (Å²) in [4.78, 5) is 21.3. The van der Waals surface area contributed by atoms with E-state index in [1.54, 1.807) is 0 Å². The molecule has 0 atom stereocenters. The Hall–Kier alpha value is -0.440. The number of nitrogens with two attached hydrogens (primary N) is 1. The zero-order valence-electron chi connectivity index (χ0n) is 11.2. The van der Waals surface area contributed by atoms with Crippen LogP contribution >= 0.6 is 25.3 Å². The highest BCUT2D eigenvalue weighted by atomic mass is 32.1. The Morgan fingerprint density at radius 1 is 1.17 bits per heavy atom. The van der Waals surface area contributed by atoms with Crippen LogP contribution in [0.15, 0.2) is 0 Å². The van der Waals surface area contributed by atoms with Gasteiger partial charge < -0.3 is 21.1 Å². The van der Waals surface area contributed by atoms with E-state index in [0.717, 1.165) is 0 Å². The van der Waals surface area contributed by atoms with Crippen molar-refractivity contribution < 1.29 is 14.7 Å². The normalized spacial score (nSPS) is 8.61. The molecule has 0 radical (unpaired) electrons. The van der Waals surface area contributed by atoms with Gasteiger partial charge in [-0.1, -0.05) is 46.0 Å². The molecule has 0 aliphatic heterocycles. The predicted octanol–water partition coefficient (Wildman–Crippen LogP) is 0.961. The Morgan fingerprint density at radius 3 is 1.56 bits per heavy atom. The van der Waals surface area contributed by atoms with Gasteiger partial charge >= 0.3 is 0 Å². The molecule has 0 bridgehead atoms. The summed E-state index contributed by atoms with van der Waals surface area (Å²) in [5.74, 6) is 0. The van der Waals surface area contributed by atoms with Gasteiger partial charge in [0.05, 0.1) is 6.61 Å². The molecule has 0 aromatic rings. The number of hydrogen-bond donors (Lipinski definition) is 5. The molecule has 0 aliphatic carbocycles. The first-order chi connectivity index (χ1) is 8.35. The highest BCUT2D eigenvalue weighted by Crippen LogP contribution is 1.81. The number of carbonyl (C=O) groups is 2. The summed E-state index contributed by atoms with van der Waals surface area (Å²) in [5.41, 5.74) is 4.34. The number of aliphatic hydroxyl groups excluding tert-OH is 1. The molecule has 8 heteroatoms. The zero-order valence-corrected chi connectivity index (χ0v) is 13.0. The van der Waals surface area contributed by atoms with Crippen LogP contribution in [0.1, 0.15) is 20.8 Å². The van der Waals surface area contributed by atoms with Crippen molar-refractivity contribution in [2.45, 2.75) is 20.8 Å². The summed E-state index contributed by atoms with van der Waals surface area (Å²) in [7, 11) is 0. The second-order valence-electron chi connectivity index (χ2n) is 2.91. The third-order valence-corrected chi connectivity index (χ3v) is 1.89. The van der Waals surface area contributed by atoms with Crippen LogP contribution in [0.3, 0.4) is 0 Å². The Morgan fingerprint density at radius 2 is 1.50 bits per heavy atom. The number of thiol groups is 2. The Kier molecular flexibility index (Phi) is 23.9. The second-order valence-corrected chi connectivity index (χ2v) is 3.76. The second kappa shape index (κ2) is 18.9. The van der Waals surface area contributed by atoms with E-state index in [1.165, 1.54) is 19.6 Å². The fourth-order valence-corrected chi connectivity index (χ4v) is 0.945. The minimum absolute atomic E-state index is 0.0354. The first-order valence-electron chi connectivity index (χ1n) is 5.63. The van der Waals surface area contributed by atoms with E-state index in [2.05, 4.69) is 62.0 Å². The van der Waals surface area contributed by atoms with E-state index >= 15 is 0 Å². The third kappa shape index (κ3) is 36.1. The van der Waals surface area contributed by atoms with Crippen LogP contribution in [0.2, 0.25) is 0 Å². The van der Waals surface area contributed by atoms with E-state index in [-0.39, 0.29) is 13.2 Å². The average Bonchev–Trinajstić information content (AvgIpc) is 2.29. The van der Waals surface area contributed by atoms with Gasteiger partial charge in [0, 0.05) is 6.54 Å². The van der Waals surface area contributed by atoms with E-state index < -0.39 is 10.5 Å². The van der Waals surface area contributed by atoms with E-state index in [1.807, 2.05) is 0 Å². The Bertz CT molecular complexity index is 193.